The average molecular weight is 201 g/mol. The van der Waals surface area contributed by atoms with Gasteiger partial charge < -0.3 is 15.4 Å². The van der Waals surface area contributed by atoms with E-state index in [-0.39, 0.29) is 6.10 Å². The summed E-state index contributed by atoms with van der Waals surface area (Å²) in [7, 11) is 4.21. The van der Waals surface area contributed by atoms with Crippen LogP contribution in [0.2, 0.25) is 0 Å². The molecule has 0 aromatic rings. The van der Waals surface area contributed by atoms with Gasteiger partial charge in [-0.15, -0.1) is 0 Å². The van der Waals surface area contributed by atoms with Crippen LogP contribution in [0.1, 0.15) is 6.92 Å². The summed E-state index contributed by atoms with van der Waals surface area (Å²) < 4.78 is 5.60. The van der Waals surface area contributed by atoms with Gasteiger partial charge in [0.1, 0.15) is 0 Å². The van der Waals surface area contributed by atoms with Crippen LogP contribution in [0, 0.1) is 0 Å². The van der Waals surface area contributed by atoms with E-state index < -0.39 is 0 Å². The summed E-state index contributed by atoms with van der Waals surface area (Å²) >= 11 is 0. The largest absolute Gasteiger partial charge is 0.374 e. The van der Waals surface area contributed by atoms with E-state index >= 15 is 0 Å². The van der Waals surface area contributed by atoms with Crippen molar-refractivity contribution in [1.82, 2.24) is 9.80 Å². The van der Waals surface area contributed by atoms with Crippen LogP contribution >= 0.6 is 0 Å². The Morgan fingerprint density at radius 2 is 2.21 bits per heavy atom. The van der Waals surface area contributed by atoms with Gasteiger partial charge in [0.05, 0.1) is 12.7 Å². The molecule has 0 aromatic heterocycles. The standard InChI is InChI=1S/C10H23N3O/c1-9-8-14-10(6-11)7-13(9)5-4-12(2)3/h9-10H,4-8,11H2,1-3H3. The maximum atomic E-state index is 5.60. The second kappa shape index (κ2) is 5.66. The van der Waals surface area contributed by atoms with Crippen molar-refractivity contribution in [1.29, 1.82) is 0 Å². The fourth-order valence-corrected chi connectivity index (χ4v) is 1.66. The van der Waals surface area contributed by atoms with Crippen molar-refractivity contribution in [2.45, 2.75) is 19.1 Å². The van der Waals surface area contributed by atoms with E-state index in [1.54, 1.807) is 0 Å². The van der Waals surface area contributed by atoms with Crippen LogP contribution in [0.3, 0.4) is 0 Å². The van der Waals surface area contributed by atoms with Crippen molar-refractivity contribution >= 4 is 0 Å². The predicted octanol–water partition coefficient (Wildman–Crippen LogP) is -0.404. The molecule has 1 rings (SSSR count). The summed E-state index contributed by atoms with van der Waals surface area (Å²) in [6.45, 7) is 6.84. The minimum atomic E-state index is 0.230. The normalized spacial score (nSPS) is 29.8. The fourth-order valence-electron chi connectivity index (χ4n) is 1.66. The van der Waals surface area contributed by atoms with E-state index in [0.29, 0.717) is 12.6 Å². The Morgan fingerprint density at radius 1 is 1.50 bits per heavy atom. The molecule has 0 radical (unpaired) electrons. The Balaban J connectivity index is 2.32. The number of likely N-dealkylation sites (N-methyl/N-ethyl adjacent to an activating group) is 1. The van der Waals surface area contributed by atoms with Gasteiger partial charge in [0, 0.05) is 32.2 Å². The van der Waals surface area contributed by atoms with E-state index in [4.69, 9.17) is 10.5 Å². The first kappa shape index (κ1) is 11.9. The SMILES string of the molecule is CC1COC(CN)CN1CCN(C)C. The number of hydrogen-bond acceptors (Lipinski definition) is 4. The number of nitrogens with zero attached hydrogens (tertiary/aromatic N) is 2. The molecule has 0 saturated carbocycles. The second-order valence-electron chi connectivity index (χ2n) is 4.34. The smallest absolute Gasteiger partial charge is 0.0824 e. The molecule has 4 nitrogen and oxygen atoms in total. The van der Waals surface area contributed by atoms with Crippen molar-refractivity contribution in [2.24, 2.45) is 5.73 Å². The number of hydrogen-bond donors (Lipinski definition) is 1. The lowest BCUT2D eigenvalue weighted by atomic mass is 10.2. The van der Waals surface area contributed by atoms with Gasteiger partial charge in [0.2, 0.25) is 0 Å². The molecule has 2 N–H and O–H groups in total. The van der Waals surface area contributed by atoms with Crippen LogP contribution in [0.25, 0.3) is 0 Å². The molecule has 14 heavy (non-hydrogen) atoms. The van der Waals surface area contributed by atoms with Gasteiger partial charge in [0.25, 0.3) is 0 Å². The molecular formula is C10H23N3O. The first-order chi connectivity index (χ1) is 6.63. The van der Waals surface area contributed by atoms with Crippen LogP contribution in [0.15, 0.2) is 0 Å². The zero-order valence-corrected chi connectivity index (χ0v) is 9.57. The highest BCUT2D eigenvalue weighted by atomic mass is 16.5. The molecule has 0 bridgehead atoms. The van der Waals surface area contributed by atoms with Gasteiger partial charge in [0.15, 0.2) is 0 Å². The first-order valence-corrected chi connectivity index (χ1v) is 5.34. The molecule has 1 aliphatic rings. The van der Waals surface area contributed by atoms with Crippen LogP contribution in [0.4, 0.5) is 0 Å². The number of rotatable bonds is 4. The highest BCUT2D eigenvalue weighted by molar-refractivity contribution is 4.78. The molecule has 1 heterocycles. The Morgan fingerprint density at radius 3 is 2.79 bits per heavy atom. The van der Waals surface area contributed by atoms with Gasteiger partial charge in [-0.1, -0.05) is 0 Å². The summed E-state index contributed by atoms with van der Waals surface area (Å²) in [5, 5.41) is 0. The van der Waals surface area contributed by atoms with Crippen LogP contribution < -0.4 is 5.73 Å². The molecule has 0 aromatic carbocycles. The molecule has 2 unspecified atom stereocenters. The van der Waals surface area contributed by atoms with Crippen molar-refractivity contribution < 1.29 is 4.74 Å². The summed E-state index contributed by atoms with van der Waals surface area (Å²) in [6.07, 6.45) is 0.230. The van der Waals surface area contributed by atoms with Crippen molar-refractivity contribution in [2.75, 3.05) is 46.9 Å². The van der Waals surface area contributed by atoms with E-state index in [1.165, 1.54) is 0 Å². The summed E-state index contributed by atoms with van der Waals surface area (Å²) in [5.74, 6) is 0. The lowest BCUT2D eigenvalue weighted by Gasteiger charge is -2.38. The Bertz CT molecular complexity index is 163. The third-order valence-electron chi connectivity index (χ3n) is 2.73. The third-order valence-corrected chi connectivity index (χ3v) is 2.73. The van der Waals surface area contributed by atoms with Gasteiger partial charge in [-0.25, -0.2) is 0 Å². The molecule has 84 valence electrons. The Kier molecular flexibility index (Phi) is 4.81. The Hall–Kier alpha value is -0.160. The quantitative estimate of drug-likeness (QED) is 0.672. The molecule has 4 heteroatoms. The summed E-state index contributed by atoms with van der Waals surface area (Å²) in [6, 6.07) is 0.526. The number of ether oxygens (including phenoxy) is 1. The minimum Gasteiger partial charge on any atom is -0.374 e. The highest BCUT2D eigenvalue weighted by Gasteiger charge is 2.24. The van der Waals surface area contributed by atoms with Gasteiger partial charge in [-0.2, -0.15) is 0 Å². The van der Waals surface area contributed by atoms with Crippen LogP contribution in [0.5, 0.6) is 0 Å². The van der Waals surface area contributed by atoms with E-state index in [0.717, 1.165) is 26.2 Å². The molecule has 1 saturated heterocycles. The maximum absolute atomic E-state index is 5.60. The lowest BCUT2D eigenvalue weighted by Crippen LogP contribution is -2.52. The lowest BCUT2D eigenvalue weighted by molar-refractivity contribution is -0.0545. The number of morpholine rings is 1. The molecule has 2 atom stereocenters. The van der Waals surface area contributed by atoms with Crippen molar-refractivity contribution in [3.63, 3.8) is 0 Å². The third kappa shape index (κ3) is 3.53. The van der Waals surface area contributed by atoms with E-state index in [2.05, 4.69) is 30.8 Å². The highest BCUT2D eigenvalue weighted by Crippen LogP contribution is 2.10. The van der Waals surface area contributed by atoms with Crippen LogP contribution in [-0.4, -0.2) is 68.8 Å². The molecular weight excluding hydrogens is 178 g/mol. The van der Waals surface area contributed by atoms with Gasteiger partial charge in [-0.3, -0.25) is 4.90 Å². The average Bonchev–Trinajstić information content (AvgIpc) is 2.16. The molecule has 1 aliphatic heterocycles. The zero-order valence-electron chi connectivity index (χ0n) is 9.57. The van der Waals surface area contributed by atoms with Crippen molar-refractivity contribution in [3.8, 4) is 0 Å². The van der Waals surface area contributed by atoms with Gasteiger partial charge in [-0.05, 0) is 21.0 Å². The maximum Gasteiger partial charge on any atom is 0.0824 e. The molecule has 0 amide bonds. The molecule has 0 spiro atoms. The van der Waals surface area contributed by atoms with Crippen molar-refractivity contribution in [3.05, 3.63) is 0 Å². The van der Waals surface area contributed by atoms with E-state index in [9.17, 15) is 0 Å². The minimum absolute atomic E-state index is 0.230. The van der Waals surface area contributed by atoms with Gasteiger partial charge >= 0.3 is 0 Å². The predicted molar refractivity (Wildman–Crippen MR) is 58.4 cm³/mol. The van der Waals surface area contributed by atoms with Crippen LogP contribution in [-0.2, 0) is 4.74 Å². The zero-order chi connectivity index (χ0) is 10.6. The summed E-state index contributed by atoms with van der Waals surface area (Å²) in [4.78, 5) is 4.67. The summed E-state index contributed by atoms with van der Waals surface area (Å²) in [5.41, 5.74) is 5.60. The molecule has 1 fully saturated rings. The Labute approximate surface area is 87.0 Å². The van der Waals surface area contributed by atoms with E-state index in [1.807, 2.05) is 0 Å². The number of nitrogens with two attached hydrogens (primary N) is 1. The second-order valence-corrected chi connectivity index (χ2v) is 4.34. The first-order valence-electron chi connectivity index (χ1n) is 5.34. The fraction of sp³-hybridized carbons (Fsp3) is 1.00. The monoisotopic (exact) mass is 201 g/mol. The molecule has 0 aliphatic carbocycles. The topological polar surface area (TPSA) is 41.7 Å².